The number of amides is 1. The fraction of sp³-hybridized carbons (Fsp3) is 0.529. The SMILES string of the molecule is CCCCNC(N)=NCc1ccc(N2CCCCC2=O)cc1. The molecule has 1 aliphatic rings. The van der Waals surface area contributed by atoms with Gasteiger partial charge in [-0.3, -0.25) is 4.79 Å². The summed E-state index contributed by atoms with van der Waals surface area (Å²) in [4.78, 5) is 18.1. The first-order valence-electron chi connectivity index (χ1n) is 8.14. The lowest BCUT2D eigenvalue weighted by Crippen LogP contribution is -2.35. The number of hydrogen-bond donors (Lipinski definition) is 2. The van der Waals surface area contributed by atoms with E-state index in [0.29, 0.717) is 18.9 Å². The number of anilines is 1. The van der Waals surface area contributed by atoms with Gasteiger partial charge in [0.05, 0.1) is 6.54 Å². The highest BCUT2D eigenvalue weighted by Crippen LogP contribution is 2.21. The van der Waals surface area contributed by atoms with Crippen LogP contribution in [0.25, 0.3) is 0 Å². The molecule has 0 aromatic heterocycles. The molecule has 0 bridgehead atoms. The van der Waals surface area contributed by atoms with Gasteiger partial charge in [-0.1, -0.05) is 25.5 Å². The lowest BCUT2D eigenvalue weighted by atomic mass is 10.1. The second kappa shape index (κ2) is 8.41. The normalized spacial score (nSPS) is 16.0. The first-order valence-corrected chi connectivity index (χ1v) is 8.14. The topological polar surface area (TPSA) is 70.7 Å². The van der Waals surface area contributed by atoms with Crippen LogP contribution in [0.3, 0.4) is 0 Å². The predicted molar refractivity (Wildman–Crippen MR) is 90.9 cm³/mol. The van der Waals surface area contributed by atoms with Crippen molar-refractivity contribution >= 4 is 17.6 Å². The molecule has 0 atom stereocenters. The Morgan fingerprint density at radius 3 is 2.77 bits per heavy atom. The summed E-state index contributed by atoms with van der Waals surface area (Å²) in [7, 11) is 0. The lowest BCUT2D eigenvalue weighted by Gasteiger charge is -2.26. The van der Waals surface area contributed by atoms with E-state index in [4.69, 9.17) is 5.73 Å². The van der Waals surface area contributed by atoms with Gasteiger partial charge >= 0.3 is 0 Å². The van der Waals surface area contributed by atoms with Crippen LogP contribution in [0.5, 0.6) is 0 Å². The molecule has 1 aromatic carbocycles. The molecule has 1 aromatic rings. The van der Waals surface area contributed by atoms with E-state index in [0.717, 1.165) is 50.0 Å². The van der Waals surface area contributed by atoms with Crippen molar-refractivity contribution in [2.75, 3.05) is 18.0 Å². The van der Waals surface area contributed by atoms with E-state index in [9.17, 15) is 4.79 Å². The summed E-state index contributed by atoms with van der Waals surface area (Å²) in [6.07, 6.45) is 4.97. The number of nitrogens with zero attached hydrogens (tertiary/aromatic N) is 2. The maximum atomic E-state index is 11.9. The van der Waals surface area contributed by atoms with E-state index in [1.807, 2.05) is 29.2 Å². The number of aliphatic imine (C=N–C) groups is 1. The number of hydrogen-bond acceptors (Lipinski definition) is 2. The Hall–Kier alpha value is -2.04. The first-order chi connectivity index (χ1) is 10.7. The Morgan fingerprint density at radius 1 is 1.32 bits per heavy atom. The van der Waals surface area contributed by atoms with E-state index in [1.165, 1.54) is 0 Å². The highest BCUT2D eigenvalue weighted by Gasteiger charge is 2.19. The van der Waals surface area contributed by atoms with Crippen LogP contribution in [0.4, 0.5) is 5.69 Å². The summed E-state index contributed by atoms with van der Waals surface area (Å²) in [6.45, 7) is 4.38. The Balaban J connectivity index is 1.88. The third kappa shape index (κ3) is 4.76. The zero-order valence-corrected chi connectivity index (χ0v) is 13.3. The van der Waals surface area contributed by atoms with Gasteiger partial charge in [-0.25, -0.2) is 4.99 Å². The van der Waals surface area contributed by atoms with E-state index >= 15 is 0 Å². The maximum Gasteiger partial charge on any atom is 0.226 e. The van der Waals surface area contributed by atoms with Gasteiger partial charge in [-0.15, -0.1) is 0 Å². The molecule has 2 rings (SSSR count). The van der Waals surface area contributed by atoms with E-state index in [1.54, 1.807) is 0 Å². The minimum Gasteiger partial charge on any atom is -0.370 e. The largest absolute Gasteiger partial charge is 0.370 e. The Kier molecular flexibility index (Phi) is 6.25. The number of rotatable bonds is 6. The molecule has 1 fully saturated rings. The smallest absolute Gasteiger partial charge is 0.226 e. The fourth-order valence-corrected chi connectivity index (χ4v) is 2.49. The molecular weight excluding hydrogens is 276 g/mol. The molecule has 0 aliphatic carbocycles. The van der Waals surface area contributed by atoms with Crippen molar-refractivity contribution in [3.8, 4) is 0 Å². The third-order valence-electron chi connectivity index (χ3n) is 3.84. The van der Waals surface area contributed by atoms with Crippen molar-refractivity contribution in [3.63, 3.8) is 0 Å². The second-order valence-electron chi connectivity index (χ2n) is 5.65. The molecule has 0 radical (unpaired) electrons. The molecule has 1 heterocycles. The van der Waals surface area contributed by atoms with Crippen LogP contribution in [0.2, 0.25) is 0 Å². The van der Waals surface area contributed by atoms with Crippen molar-refractivity contribution in [1.29, 1.82) is 0 Å². The van der Waals surface area contributed by atoms with Crippen LogP contribution in [-0.2, 0) is 11.3 Å². The highest BCUT2D eigenvalue weighted by molar-refractivity contribution is 5.93. The van der Waals surface area contributed by atoms with Gasteiger partial charge in [0.1, 0.15) is 0 Å². The molecular formula is C17H26N4O. The zero-order chi connectivity index (χ0) is 15.8. The molecule has 0 saturated carbocycles. The number of carbonyl (C=O) groups is 1. The number of guanidine groups is 1. The number of unbranched alkanes of at least 4 members (excludes halogenated alkanes) is 1. The van der Waals surface area contributed by atoms with Gasteiger partial charge < -0.3 is 16.0 Å². The summed E-state index contributed by atoms with van der Waals surface area (Å²) >= 11 is 0. The Labute approximate surface area is 132 Å². The van der Waals surface area contributed by atoms with Crippen molar-refractivity contribution in [2.45, 2.75) is 45.6 Å². The van der Waals surface area contributed by atoms with E-state index in [-0.39, 0.29) is 5.91 Å². The van der Waals surface area contributed by atoms with Gasteiger partial charge in [0.15, 0.2) is 5.96 Å². The van der Waals surface area contributed by atoms with Crippen LogP contribution >= 0.6 is 0 Å². The molecule has 0 spiro atoms. The Bertz CT molecular complexity index is 510. The quantitative estimate of drug-likeness (QED) is 0.481. The molecule has 5 nitrogen and oxygen atoms in total. The summed E-state index contributed by atoms with van der Waals surface area (Å²) in [5.41, 5.74) is 7.88. The number of nitrogens with one attached hydrogen (secondary N) is 1. The minimum absolute atomic E-state index is 0.224. The summed E-state index contributed by atoms with van der Waals surface area (Å²) in [5, 5.41) is 3.10. The summed E-state index contributed by atoms with van der Waals surface area (Å²) in [6, 6.07) is 8.02. The number of benzene rings is 1. The molecule has 120 valence electrons. The van der Waals surface area contributed by atoms with E-state index in [2.05, 4.69) is 17.2 Å². The molecule has 3 N–H and O–H groups in total. The maximum absolute atomic E-state index is 11.9. The van der Waals surface area contributed by atoms with Gasteiger partial charge in [-0.05, 0) is 37.0 Å². The summed E-state index contributed by atoms with van der Waals surface area (Å²) < 4.78 is 0. The summed E-state index contributed by atoms with van der Waals surface area (Å²) in [5.74, 6) is 0.713. The van der Waals surface area contributed by atoms with Crippen molar-refractivity contribution in [1.82, 2.24) is 5.32 Å². The predicted octanol–water partition coefficient (Wildman–Crippen LogP) is 2.41. The number of piperidine rings is 1. The van der Waals surface area contributed by atoms with Crippen LogP contribution in [0.15, 0.2) is 29.3 Å². The molecule has 1 amide bonds. The van der Waals surface area contributed by atoms with Gasteiger partial charge in [0, 0.05) is 25.2 Å². The standard InChI is InChI=1S/C17H26N4O/c1-2-3-11-19-17(18)20-13-14-7-9-15(10-8-14)21-12-5-4-6-16(21)22/h7-10H,2-6,11-13H2,1H3,(H3,18,19,20). The first kappa shape index (κ1) is 16.3. The van der Waals surface area contributed by atoms with Crippen LogP contribution in [-0.4, -0.2) is 25.0 Å². The number of carbonyl (C=O) groups excluding carboxylic acids is 1. The highest BCUT2D eigenvalue weighted by atomic mass is 16.2. The van der Waals surface area contributed by atoms with Crippen molar-refractivity contribution in [2.24, 2.45) is 10.7 Å². The van der Waals surface area contributed by atoms with E-state index < -0.39 is 0 Å². The fourth-order valence-electron chi connectivity index (χ4n) is 2.49. The second-order valence-corrected chi connectivity index (χ2v) is 5.65. The monoisotopic (exact) mass is 302 g/mol. The minimum atomic E-state index is 0.224. The van der Waals surface area contributed by atoms with Crippen LogP contribution in [0, 0.1) is 0 Å². The van der Waals surface area contributed by atoms with Crippen LogP contribution < -0.4 is 16.0 Å². The van der Waals surface area contributed by atoms with Gasteiger partial charge in [0.25, 0.3) is 0 Å². The van der Waals surface area contributed by atoms with Crippen molar-refractivity contribution in [3.05, 3.63) is 29.8 Å². The zero-order valence-electron chi connectivity index (χ0n) is 13.3. The van der Waals surface area contributed by atoms with Crippen LogP contribution in [0.1, 0.15) is 44.6 Å². The van der Waals surface area contributed by atoms with Gasteiger partial charge in [-0.2, -0.15) is 0 Å². The molecule has 0 unspecified atom stereocenters. The molecule has 5 heteroatoms. The van der Waals surface area contributed by atoms with Gasteiger partial charge in [0.2, 0.25) is 5.91 Å². The molecule has 1 aliphatic heterocycles. The average molecular weight is 302 g/mol. The molecule has 1 saturated heterocycles. The lowest BCUT2D eigenvalue weighted by molar-refractivity contribution is -0.119. The number of nitrogens with two attached hydrogens (primary N) is 1. The Morgan fingerprint density at radius 2 is 2.09 bits per heavy atom. The third-order valence-corrected chi connectivity index (χ3v) is 3.84. The average Bonchev–Trinajstić information content (AvgIpc) is 2.54. The molecule has 22 heavy (non-hydrogen) atoms. The van der Waals surface area contributed by atoms with Crippen molar-refractivity contribution < 1.29 is 4.79 Å².